The van der Waals surface area contributed by atoms with Crippen molar-refractivity contribution in [3.05, 3.63) is 24.3 Å². The van der Waals surface area contributed by atoms with Gasteiger partial charge in [0, 0.05) is 26.6 Å². The molecule has 23 heavy (non-hydrogen) atoms. The van der Waals surface area contributed by atoms with Gasteiger partial charge in [0.1, 0.15) is 5.75 Å². The molecule has 0 aliphatic carbocycles. The van der Waals surface area contributed by atoms with Crippen molar-refractivity contribution in [2.24, 2.45) is 5.92 Å². The van der Waals surface area contributed by atoms with Gasteiger partial charge >= 0.3 is 0 Å². The Morgan fingerprint density at radius 3 is 2.87 bits per heavy atom. The fraction of sp³-hybridized carbons (Fsp3) is 0.529. The molecule has 0 unspecified atom stereocenters. The monoisotopic (exact) mass is 319 g/mol. The summed E-state index contributed by atoms with van der Waals surface area (Å²) in [6.07, 6.45) is 1.26. The predicted molar refractivity (Wildman–Crippen MR) is 89.5 cm³/mol. The summed E-state index contributed by atoms with van der Waals surface area (Å²) in [7, 11) is 1.66. The molecule has 2 N–H and O–H groups in total. The van der Waals surface area contributed by atoms with E-state index in [0.29, 0.717) is 31.0 Å². The van der Waals surface area contributed by atoms with Gasteiger partial charge in [0.25, 0.3) is 0 Å². The summed E-state index contributed by atoms with van der Waals surface area (Å²) in [6.45, 7) is 4.72. The first-order valence-electron chi connectivity index (χ1n) is 8.09. The van der Waals surface area contributed by atoms with Crippen molar-refractivity contribution in [2.45, 2.75) is 19.8 Å². The molecule has 1 atom stereocenters. The zero-order valence-electron chi connectivity index (χ0n) is 13.8. The van der Waals surface area contributed by atoms with Crippen LogP contribution < -0.4 is 15.4 Å². The van der Waals surface area contributed by atoms with Gasteiger partial charge in [0.05, 0.1) is 18.2 Å². The molecule has 0 bridgehead atoms. The summed E-state index contributed by atoms with van der Waals surface area (Å²) in [5, 5.41) is 5.58. The van der Waals surface area contributed by atoms with E-state index in [9.17, 15) is 9.59 Å². The number of ether oxygens (including phenoxy) is 1. The second kappa shape index (κ2) is 8.53. The van der Waals surface area contributed by atoms with Crippen LogP contribution in [0.25, 0.3) is 0 Å². The number of hydrogen-bond acceptors (Lipinski definition) is 4. The number of carbonyl (C=O) groups excluding carboxylic acids is 2. The van der Waals surface area contributed by atoms with Crippen LogP contribution in [0, 0.1) is 5.92 Å². The van der Waals surface area contributed by atoms with Crippen LogP contribution in [0.5, 0.6) is 5.75 Å². The van der Waals surface area contributed by atoms with Gasteiger partial charge < -0.3 is 20.3 Å². The molecule has 1 fully saturated rings. The smallest absolute Gasteiger partial charge is 0.225 e. The first kappa shape index (κ1) is 17.3. The van der Waals surface area contributed by atoms with Crippen LogP contribution in [-0.4, -0.2) is 50.0 Å². The van der Waals surface area contributed by atoms with E-state index in [1.165, 1.54) is 0 Å². The minimum Gasteiger partial charge on any atom is -0.492 e. The minimum absolute atomic E-state index is 0.0412. The SMILES string of the molecule is CCOc1ccccc1NC(=O)CCN1CC[C@@H](C(=O)NC)C1. The number of anilines is 1. The molecule has 0 aromatic heterocycles. The number of nitrogens with one attached hydrogen (secondary N) is 2. The predicted octanol–water partition coefficient (Wildman–Crippen LogP) is 1.48. The summed E-state index contributed by atoms with van der Waals surface area (Å²) in [4.78, 5) is 25.9. The third kappa shape index (κ3) is 4.96. The number of nitrogens with zero attached hydrogens (tertiary/aromatic N) is 1. The van der Waals surface area contributed by atoms with E-state index >= 15 is 0 Å². The Balaban J connectivity index is 1.79. The van der Waals surface area contributed by atoms with E-state index in [1.54, 1.807) is 7.05 Å². The molecule has 0 spiro atoms. The Bertz CT molecular complexity index is 548. The van der Waals surface area contributed by atoms with E-state index in [-0.39, 0.29) is 17.7 Å². The summed E-state index contributed by atoms with van der Waals surface area (Å²) >= 11 is 0. The first-order chi connectivity index (χ1) is 11.1. The zero-order chi connectivity index (χ0) is 16.7. The zero-order valence-corrected chi connectivity index (χ0v) is 13.8. The second-order valence-electron chi connectivity index (χ2n) is 5.63. The molecular weight excluding hydrogens is 294 g/mol. The van der Waals surface area contributed by atoms with Crippen LogP contribution >= 0.6 is 0 Å². The average molecular weight is 319 g/mol. The molecule has 0 radical (unpaired) electrons. The van der Waals surface area contributed by atoms with Gasteiger partial charge in [-0.05, 0) is 32.0 Å². The van der Waals surface area contributed by atoms with Crippen LogP contribution in [0.15, 0.2) is 24.3 Å². The van der Waals surface area contributed by atoms with Crippen LogP contribution in [0.1, 0.15) is 19.8 Å². The molecule has 126 valence electrons. The second-order valence-corrected chi connectivity index (χ2v) is 5.63. The van der Waals surface area contributed by atoms with Crippen molar-refractivity contribution >= 4 is 17.5 Å². The Morgan fingerprint density at radius 2 is 2.13 bits per heavy atom. The van der Waals surface area contributed by atoms with Crippen LogP contribution in [0.4, 0.5) is 5.69 Å². The maximum atomic E-state index is 12.1. The number of hydrogen-bond donors (Lipinski definition) is 2. The minimum atomic E-state index is -0.0412. The van der Waals surface area contributed by atoms with Crippen molar-refractivity contribution in [3.8, 4) is 5.75 Å². The third-order valence-electron chi connectivity index (χ3n) is 4.01. The van der Waals surface area contributed by atoms with Gasteiger partial charge in [-0.2, -0.15) is 0 Å². The van der Waals surface area contributed by atoms with E-state index in [1.807, 2.05) is 31.2 Å². The molecule has 6 nitrogen and oxygen atoms in total. The van der Waals surface area contributed by atoms with E-state index in [4.69, 9.17) is 4.74 Å². The Hall–Kier alpha value is -2.08. The van der Waals surface area contributed by atoms with Crippen LogP contribution in [0.2, 0.25) is 0 Å². The molecule has 1 saturated heterocycles. The summed E-state index contributed by atoms with van der Waals surface area (Å²) in [6, 6.07) is 7.42. The van der Waals surface area contributed by atoms with Gasteiger partial charge in [-0.25, -0.2) is 0 Å². The number of rotatable bonds is 7. The highest BCUT2D eigenvalue weighted by Crippen LogP contribution is 2.24. The van der Waals surface area contributed by atoms with E-state index in [2.05, 4.69) is 15.5 Å². The fourth-order valence-electron chi connectivity index (χ4n) is 2.78. The van der Waals surface area contributed by atoms with Crippen molar-refractivity contribution in [1.82, 2.24) is 10.2 Å². The highest BCUT2D eigenvalue weighted by molar-refractivity contribution is 5.92. The molecular formula is C17H25N3O3. The molecule has 0 saturated carbocycles. The molecule has 1 aromatic rings. The Kier molecular flexibility index (Phi) is 6.40. The van der Waals surface area contributed by atoms with Crippen LogP contribution in [-0.2, 0) is 9.59 Å². The Morgan fingerprint density at radius 1 is 1.35 bits per heavy atom. The molecule has 1 aliphatic rings. The lowest BCUT2D eigenvalue weighted by Gasteiger charge is -2.16. The number of benzene rings is 1. The van der Waals surface area contributed by atoms with E-state index < -0.39 is 0 Å². The summed E-state index contributed by atoms with van der Waals surface area (Å²) < 4.78 is 5.50. The van der Waals surface area contributed by atoms with Crippen molar-refractivity contribution in [2.75, 3.05) is 38.6 Å². The lowest BCUT2D eigenvalue weighted by Crippen LogP contribution is -2.31. The summed E-state index contributed by atoms with van der Waals surface area (Å²) in [5.41, 5.74) is 0.698. The van der Waals surface area contributed by atoms with Crippen molar-refractivity contribution in [3.63, 3.8) is 0 Å². The lowest BCUT2D eigenvalue weighted by molar-refractivity contribution is -0.124. The lowest BCUT2D eigenvalue weighted by atomic mass is 10.1. The number of likely N-dealkylation sites (tertiary alicyclic amines) is 1. The van der Waals surface area contributed by atoms with Gasteiger partial charge in [-0.3, -0.25) is 9.59 Å². The first-order valence-corrected chi connectivity index (χ1v) is 8.09. The van der Waals surface area contributed by atoms with Gasteiger partial charge in [-0.1, -0.05) is 12.1 Å². The molecule has 1 aliphatic heterocycles. The summed E-state index contributed by atoms with van der Waals surface area (Å²) in [5.74, 6) is 0.772. The Labute approximate surface area is 137 Å². The highest BCUT2D eigenvalue weighted by Gasteiger charge is 2.27. The maximum Gasteiger partial charge on any atom is 0.225 e. The quantitative estimate of drug-likeness (QED) is 0.799. The fourth-order valence-corrected chi connectivity index (χ4v) is 2.78. The van der Waals surface area contributed by atoms with Gasteiger partial charge in [0.2, 0.25) is 11.8 Å². The van der Waals surface area contributed by atoms with Crippen molar-refractivity contribution in [1.29, 1.82) is 0 Å². The largest absolute Gasteiger partial charge is 0.492 e. The van der Waals surface area contributed by atoms with Crippen molar-refractivity contribution < 1.29 is 14.3 Å². The number of amides is 2. The molecule has 6 heteroatoms. The van der Waals surface area contributed by atoms with Gasteiger partial charge in [-0.15, -0.1) is 0 Å². The average Bonchev–Trinajstić information content (AvgIpc) is 3.03. The number of para-hydroxylation sites is 2. The van der Waals surface area contributed by atoms with E-state index in [0.717, 1.165) is 19.5 Å². The number of carbonyl (C=O) groups is 2. The standard InChI is InChI=1S/C17H25N3O3/c1-3-23-15-7-5-4-6-14(15)19-16(21)9-11-20-10-8-13(12-20)17(22)18-2/h4-7,13H,3,8-12H2,1-2H3,(H,18,22)(H,19,21)/t13-/m1/s1. The molecule has 1 heterocycles. The topological polar surface area (TPSA) is 70.7 Å². The maximum absolute atomic E-state index is 12.1. The molecule has 2 rings (SSSR count). The molecule has 2 amide bonds. The van der Waals surface area contributed by atoms with Gasteiger partial charge in [0.15, 0.2) is 0 Å². The van der Waals surface area contributed by atoms with Crippen LogP contribution in [0.3, 0.4) is 0 Å². The molecule has 1 aromatic carbocycles. The normalized spacial score (nSPS) is 17.7. The highest BCUT2D eigenvalue weighted by atomic mass is 16.5. The third-order valence-corrected chi connectivity index (χ3v) is 4.01.